The van der Waals surface area contributed by atoms with Gasteiger partial charge in [-0.2, -0.15) is 10.2 Å². The summed E-state index contributed by atoms with van der Waals surface area (Å²) in [5, 5.41) is 8.83. The minimum absolute atomic E-state index is 0.0566. The van der Waals surface area contributed by atoms with Gasteiger partial charge in [0.1, 0.15) is 5.82 Å². The molecule has 5 nitrogen and oxygen atoms in total. The first-order chi connectivity index (χ1) is 9.65. The molecule has 102 valence electrons. The summed E-state index contributed by atoms with van der Waals surface area (Å²) in [5.41, 5.74) is 9.00. The Bertz CT molecular complexity index is 711. The number of aryl methyl sites for hydroxylation is 1. The Balaban J connectivity index is 1.92. The number of anilines is 1. The van der Waals surface area contributed by atoms with E-state index < -0.39 is 0 Å². The lowest BCUT2D eigenvalue weighted by Gasteiger charge is -2.11. The van der Waals surface area contributed by atoms with Crippen LogP contribution in [0.25, 0.3) is 5.69 Å². The second-order valence-corrected chi connectivity index (χ2v) is 4.88. The predicted octanol–water partition coefficient (Wildman–Crippen LogP) is 2.57. The van der Waals surface area contributed by atoms with Crippen molar-refractivity contribution in [1.82, 2.24) is 19.6 Å². The maximum absolute atomic E-state index is 5.97. The third-order valence-electron chi connectivity index (χ3n) is 3.36. The standard InChI is InChI=1S/C15H17N5/c1-11-8-15(16)20(18-11)12(2)13-9-17-19(10-13)14-6-4-3-5-7-14/h3-10,12H,16H2,1-2H3. The third kappa shape index (κ3) is 2.18. The van der Waals surface area contributed by atoms with Gasteiger partial charge in [-0.15, -0.1) is 0 Å². The summed E-state index contributed by atoms with van der Waals surface area (Å²) in [6.07, 6.45) is 3.87. The molecule has 0 spiro atoms. The summed E-state index contributed by atoms with van der Waals surface area (Å²) in [7, 11) is 0. The van der Waals surface area contributed by atoms with Crippen molar-refractivity contribution in [2.45, 2.75) is 19.9 Å². The van der Waals surface area contributed by atoms with Gasteiger partial charge in [0, 0.05) is 17.8 Å². The van der Waals surface area contributed by atoms with Gasteiger partial charge in [0.2, 0.25) is 0 Å². The highest BCUT2D eigenvalue weighted by Gasteiger charge is 2.14. The fourth-order valence-electron chi connectivity index (χ4n) is 2.26. The molecule has 20 heavy (non-hydrogen) atoms. The molecule has 1 aromatic carbocycles. The summed E-state index contributed by atoms with van der Waals surface area (Å²) in [5.74, 6) is 0.669. The van der Waals surface area contributed by atoms with E-state index in [4.69, 9.17) is 5.73 Å². The molecule has 2 N–H and O–H groups in total. The van der Waals surface area contributed by atoms with Crippen molar-refractivity contribution in [3.63, 3.8) is 0 Å². The van der Waals surface area contributed by atoms with Crippen molar-refractivity contribution in [2.24, 2.45) is 0 Å². The zero-order valence-electron chi connectivity index (χ0n) is 11.6. The summed E-state index contributed by atoms with van der Waals surface area (Å²) in [4.78, 5) is 0. The van der Waals surface area contributed by atoms with E-state index in [1.54, 1.807) is 0 Å². The van der Waals surface area contributed by atoms with Crippen molar-refractivity contribution in [3.05, 3.63) is 60.0 Å². The molecule has 1 atom stereocenters. The average Bonchev–Trinajstić information content (AvgIpc) is 3.06. The molecule has 0 aliphatic carbocycles. The Morgan fingerprint density at radius 3 is 2.60 bits per heavy atom. The highest BCUT2D eigenvalue weighted by molar-refractivity contribution is 5.34. The quantitative estimate of drug-likeness (QED) is 0.793. The highest BCUT2D eigenvalue weighted by Crippen LogP contribution is 2.21. The summed E-state index contributed by atoms with van der Waals surface area (Å²) in [6, 6.07) is 12.0. The number of para-hydroxylation sites is 1. The van der Waals surface area contributed by atoms with Crippen molar-refractivity contribution >= 4 is 5.82 Å². The van der Waals surface area contributed by atoms with Crippen molar-refractivity contribution in [3.8, 4) is 5.69 Å². The Hall–Kier alpha value is -2.56. The summed E-state index contributed by atoms with van der Waals surface area (Å²) >= 11 is 0. The normalized spacial score (nSPS) is 12.5. The topological polar surface area (TPSA) is 61.7 Å². The number of aromatic nitrogens is 4. The third-order valence-corrected chi connectivity index (χ3v) is 3.36. The molecule has 2 heterocycles. The van der Waals surface area contributed by atoms with Crippen LogP contribution in [0.1, 0.15) is 24.2 Å². The monoisotopic (exact) mass is 267 g/mol. The molecule has 0 fully saturated rings. The number of hydrogen-bond donors (Lipinski definition) is 1. The second-order valence-electron chi connectivity index (χ2n) is 4.88. The maximum Gasteiger partial charge on any atom is 0.122 e. The van der Waals surface area contributed by atoms with Crippen LogP contribution >= 0.6 is 0 Å². The van der Waals surface area contributed by atoms with Crippen molar-refractivity contribution in [2.75, 3.05) is 5.73 Å². The molecule has 3 aromatic rings. The number of benzene rings is 1. The van der Waals surface area contributed by atoms with Gasteiger partial charge >= 0.3 is 0 Å². The van der Waals surface area contributed by atoms with Gasteiger partial charge < -0.3 is 5.73 Å². The average molecular weight is 267 g/mol. The van der Waals surface area contributed by atoms with Crippen LogP contribution in [0.15, 0.2) is 48.8 Å². The van der Waals surface area contributed by atoms with Crippen LogP contribution in [0.4, 0.5) is 5.82 Å². The molecule has 0 aliphatic heterocycles. The number of nitrogen functional groups attached to an aromatic ring is 1. The van der Waals surface area contributed by atoms with Gasteiger partial charge in [-0.1, -0.05) is 18.2 Å². The van der Waals surface area contributed by atoms with E-state index in [-0.39, 0.29) is 6.04 Å². The van der Waals surface area contributed by atoms with Crippen molar-refractivity contribution in [1.29, 1.82) is 0 Å². The van der Waals surface area contributed by atoms with Gasteiger partial charge in [0.25, 0.3) is 0 Å². The number of rotatable bonds is 3. The van der Waals surface area contributed by atoms with Crippen LogP contribution in [-0.2, 0) is 0 Å². The smallest absolute Gasteiger partial charge is 0.122 e. The fourth-order valence-corrected chi connectivity index (χ4v) is 2.26. The first kappa shape index (κ1) is 12.5. The van der Waals surface area contributed by atoms with Gasteiger partial charge in [0.15, 0.2) is 0 Å². The zero-order valence-corrected chi connectivity index (χ0v) is 11.6. The van der Waals surface area contributed by atoms with Gasteiger partial charge in [-0.05, 0) is 26.0 Å². The molecular weight excluding hydrogens is 250 g/mol. The van der Waals surface area contributed by atoms with Gasteiger partial charge in [0.05, 0.1) is 23.6 Å². The number of nitrogens with two attached hydrogens (primary N) is 1. The summed E-state index contributed by atoms with van der Waals surface area (Å²) in [6.45, 7) is 4.00. The predicted molar refractivity (Wildman–Crippen MR) is 78.8 cm³/mol. The highest BCUT2D eigenvalue weighted by atomic mass is 15.3. The Morgan fingerprint density at radius 1 is 1.20 bits per heavy atom. The van der Waals surface area contributed by atoms with Crippen LogP contribution in [0.3, 0.4) is 0 Å². The van der Waals surface area contributed by atoms with E-state index in [0.717, 1.165) is 16.9 Å². The van der Waals surface area contributed by atoms with E-state index in [1.165, 1.54) is 0 Å². The van der Waals surface area contributed by atoms with E-state index in [9.17, 15) is 0 Å². The molecule has 0 radical (unpaired) electrons. The van der Waals surface area contributed by atoms with E-state index in [1.807, 2.05) is 65.1 Å². The lowest BCUT2D eigenvalue weighted by Crippen LogP contribution is -2.11. The summed E-state index contributed by atoms with van der Waals surface area (Å²) < 4.78 is 3.68. The first-order valence-electron chi connectivity index (χ1n) is 6.57. The minimum atomic E-state index is 0.0566. The molecule has 3 rings (SSSR count). The Labute approximate surface area is 117 Å². The molecule has 0 saturated heterocycles. The van der Waals surface area contributed by atoms with E-state index in [2.05, 4.69) is 17.1 Å². The SMILES string of the molecule is Cc1cc(N)n(C(C)c2cnn(-c3ccccc3)c2)n1. The molecule has 0 bridgehead atoms. The molecule has 2 aromatic heterocycles. The van der Waals surface area contributed by atoms with E-state index in [0.29, 0.717) is 5.82 Å². The lowest BCUT2D eigenvalue weighted by molar-refractivity contribution is 0.569. The molecule has 1 unspecified atom stereocenters. The Kier molecular flexibility index (Phi) is 3.02. The van der Waals surface area contributed by atoms with Crippen LogP contribution < -0.4 is 5.73 Å². The van der Waals surface area contributed by atoms with Crippen LogP contribution in [-0.4, -0.2) is 19.6 Å². The first-order valence-corrected chi connectivity index (χ1v) is 6.57. The lowest BCUT2D eigenvalue weighted by atomic mass is 10.2. The number of hydrogen-bond acceptors (Lipinski definition) is 3. The van der Waals surface area contributed by atoms with E-state index >= 15 is 0 Å². The van der Waals surface area contributed by atoms with Crippen LogP contribution in [0.5, 0.6) is 0 Å². The maximum atomic E-state index is 5.97. The minimum Gasteiger partial charge on any atom is -0.384 e. The molecule has 0 saturated carbocycles. The van der Waals surface area contributed by atoms with Crippen LogP contribution in [0, 0.1) is 6.92 Å². The van der Waals surface area contributed by atoms with Crippen LogP contribution in [0.2, 0.25) is 0 Å². The zero-order chi connectivity index (χ0) is 14.1. The van der Waals surface area contributed by atoms with Crippen molar-refractivity contribution < 1.29 is 0 Å². The molecule has 0 amide bonds. The van der Waals surface area contributed by atoms with Gasteiger partial charge in [-0.3, -0.25) is 0 Å². The molecular formula is C15H17N5. The van der Waals surface area contributed by atoms with Gasteiger partial charge in [-0.25, -0.2) is 9.36 Å². The largest absolute Gasteiger partial charge is 0.384 e. The second kappa shape index (κ2) is 4.85. The fraction of sp³-hybridized carbons (Fsp3) is 0.200. The molecule has 0 aliphatic rings. The number of nitrogens with zero attached hydrogens (tertiary/aromatic N) is 4. The molecule has 5 heteroatoms. The Morgan fingerprint density at radius 2 is 1.95 bits per heavy atom.